The molecule has 0 aromatic heterocycles. The van der Waals surface area contributed by atoms with Crippen LogP contribution in [0.1, 0.15) is 17.5 Å². The van der Waals surface area contributed by atoms with E-state index in [0.29, 0.717) is 6.04 Å². The van der Waals surface area contributed by atoms with Crippen LogP contribution in [0.25, 0.3) is 5.57 Å². The largest absolute Gasteiger partial charge is 0.378 e. The van der Waals surface area contributed by atoms with Crippen molar-refractivity contribution >= 4 is 11.3 Å². The Labute approximate surface area is 120 Å². The van der Waals surface area contributed by atoms with Crippen LogP contribution in [0.5, 0.6) is 0 Å². The van der Waals surface area contributed by atoms with Crippen LogP contribution in [0, 0.1) is 6.92 Å². The highest BCUT2D eigenvalue weighted by molar-refractivity contribution is 5.75. The van der Waals surface area contributed by atoms with E-state index in [1.807, 2.05) is 0 Å². The van der Waals surface area contributed by atoms with Gasteiger partial charge < -0.3 is 5.32 Å². The molecule has 0 aliphatic heterocycles. The van der Waals surface area contributed by atoms with Gasteiger partial charge in [-0.1, -0.05) is 66.8 Å². The zero-order valence-corrected chi connectivity index (χ0v) is 11.7. The van der Waals surface area contributed by atoms with Crippen molar-refractivity contribution < 1.29 is 0 Å². The van der Waals surface area contributed by atoms with E-state index >= 15 is 0 Å². The fraction of sp³-hybridized carbons (Fsp3) is 0.158. The molecule has 1 nitrogen and oxygen atoms in total. The Kier molecular flexibility index (Phi) is 3.69. The summed E-state index contributed by atoms with van der Waals surface area (Å²) >= 11 is 0. The highest BCUT2D eigenvalue weighted by Gasteiger charge is 2.17. The third kappa shape index (κ3) is 2.67. The van der Waals surface area contributed by atoms with E-state index in [2.05, 4.69) is 85.1 Å². The number of hydrogen-bond donors (Lipinski definition) is 1. The molecule has 0 fully saturated rings. The van der Waals surface area contributed by atoms with E-state index in [0.717, 1.165) is 6.42 Å². The second kappa shape index (κ2) is 5.79. The Balaban J connectivity index is 1.88. The fourth-order valence-electron chi connectivity index (χ4n) is 2.62. The lowest BCUT2D eigenvalue weighted by Gasteiger charge is -2.25. The molecule has 0 spiro atoms. The lowest BCUT2D eigenvalue weighted by atomic mass is 9.92. The average Bonchev–Trinajstić information content (AvgIpc) is 2.51. The topological polar surface area (TPSA) is 12.0 Å². The number of anilines is 1. The molecule has 0 bridgehead atoms. The van der Waals surface area contributed by atoms with Gasteiger partial charge in [-0.15, -0.1) is 0 Å². The monoisotopic (exact) mass is 261 g/mol. The summed E-state index contributed by atoms with van der Waals surface area (Å²) in [6.45, 7) is 2.15. The number of aryl methyl sites for hydroxylation is 1. The van der Waals surface area contributed by atoms with Gasteiger partial charge in [-0.25, -0.2) is 0 Å². The number of allylic oxidation sites excluding steroid dienone is 2. The van der Waals surface area contributed by atoms with Gasteiger partial charge in [0.1, 0.15) is 0 Å². The molecule has 1 N–H and O–H groups in total. The summed E-state index contributed by atoms with van der Waals surface area (Å²) in [5.41, 5.74) is 5.16. The van der Waals surface area contributed by atoms with Crippen molar-refractivity contribution in [1.82, 2.24) is 0 Å². The van der Waals surface area contributed by atoms with Crippen molar-refractivity contribution in [2.75, 3.05) is 5.32 Å². The van der Waals surface area contributed by atoms with E-state index < -0.39 is 0 Å². The van der Waals surface area contributed by atoms with Gasteiger partial charge in [0.05, 0.1) is 6.04 Å². The molecule has 0 heterocycles. The van der Waals surface area contributed by atoms with Crippen LogP contribution in [0.3, 0.4) is 0 Å². The molecule has 3 rings (SSSR count). The molecule has 0 saturated carbocycles. The lowest BCUT2D eigenvalue weighted by Crippen LogP contribution is -2.22. The average molecular weight is 261 g/mol. The summed E-state index contributed by atoms with van der Waals surface area (Å²) in [4.78, 5) is 0. The van der Waals surface area contributed by atoms with Gasteiger partial charge in [0.2, 0.25) is 0 Å². The molecular weight excluding hydrogens is 242 g/mol. The molecule has 0 amide bonds. The van der Waals surface area contributed by atoms with Gasteiger partial charge in [-0.05, 0) is 36.1 Å². The second-order valence-corrected chi connectivity index (χ2v) is 5.16. The van der Waals surface area contributed by atoms with Crippen molar-refractivity contribution in [2.45, 2.75) is 19.4 Å². The van der Waals surface area contributed by atoms with Crippen molar-refractivity contribution in [3.63, 3.8) is 0 Å². The van der Waals surface area contributed by atoms with Crippen molar-refractivity contribution in [1.29, 1.82) is 0 Å². The van der Waals surface area contributed by atoms with E-state index in [9.17, 15) is 0 Å². The molecule has 20 heavy (non-hydrogen) atoms. The first-order valence-corrected chi connectivity index (χ1v) is 7.09. The number of hydrogen-bond acceptors (Lipinski definition) is 1. The minimum Gasteiger partial charge on any atom is -0.378 e. The Morgan fingerprint density at radius 1 is 0.950 bits per heavy atom. The van der Waals surface area contributed by atoms with Crippen LogP contribution in [0.4, 0.5) is 5.69 Å². The molecule has 1 atom stereocenters. The third-order valence-corrected chi connectivity index (χ3v) is 3.74. The van der Waals surface area contributed by atoms with Crippen LogP contribution < -0.4 is 5.32 Å². The van der Waals surface area contributed by atoms with E-state index in [1.54, 1.807) is 0 Å². The number of benzene rings is 2. The lowest BCUT2D eigenvalue weighted by molar-refractivity contribution is 0.900. The maximum atomic E-state index is 3.68. The predicted molar refractivity (Wildman–Crippen MR) is 86.8 cm³/mol. The molecule has 1 aliphatic carbocycles. The molecular formula is C19H19N. The van der Waals surface area contributed by atoms with Gasteiger partial charge in [0.25, 0.3) is 0 Å². The summed E-state index contributed by atoms with van der Waals surface area (Å²) in [6.07, 6.45) is 7.62. The maximum Gasteiger partial charge on any atom is 0.0554 e. The maximum absolute atomic E-state index is 3.68. The van der Waals surface area contributed by atoms with Gasteiger partial charge in [-0.3, -0.25) is 0 Å². The summed E-state index contributed by atoms with van der Waals surface area (Å²) in [5, 5.41) is 3.68. The molecule has 100 valence electrons. The Morgan fingerprint density at radius 2 is 1.70 bits per heavy atom. The fourth-order valence-corrected chi connectivity index (χ4v) is 2.62. The summed E-state index contributed by atoms with van der Waals surface area (Å²) in [5.74, 6) is 0. The van der Waals surface area contributed by atoms with E-state index in [4.69, 9.17) is 0 Å². The first-order chi connectivity index (χ1) is 9.84. The van der Waals surface area contributed by atoms with Crippen LogP contribution in [-0.2, 0) is 0 Å². The van der Waals surface area contributed by atoms with E-state index in [1.165, 1.54) is 22.4 Å². The summed E-state index contributed by atoms with van der Waals surface area (Å²) in [7, 11) is 0. The standard InChI is InChI=1S/C19H19N/c1-15-9-5-7-13-18(15)20-19-14-8-6-12-17(19)16-10-3-2-4-11-16/h2-13,19-20H,14H2,1H3. The smallest absolute Gasteiger partial charge is 0.0554 e. The van der Waals surface area contributed by atoms with E-state index in [-0.39, 0.29) is 0 Å². The second-order valence-electron chi connectivity index (χ2n) is 5.16. The van der Waals surface area contributed by atoms with Crippen molar-refractivity contribution in [3.8, 4) is 0 Å². The Morgan fingerprint density at radius 3 is 2.50 bits per heavy atom. The predicted octanol–water partition coefficient (Wildman–Crippen LogP) is 4.82. The number of rotatable bonds is 3. The van der Waals surface area contributed by atoms with Gasteiger partial charge in [0, 0.05) is 5.69 Å². The van der Waals surface area contributed by atoms with Gasteiger partial charge in [-0.2, -0.15) is 0 Å². The normalized spacial score (nSPS) is 17.6. The zero-order chi connectivity index (χ0) is 13.8. The highest BCUT2D eigenvalue weighted by atomic mass is 14.9. The summed E-state index contributed by atoms with van der Waals surface area (Å²) < 4.78 is 0. The van der Waals surface area contributed by atoms with Crippen LogP contribution in [-0.4, -0.2) is 6.04 Å². The quantitative estimate of drug-likeness (QED) is 0.835. The molecule has 1 heteroatoms. The third-order valence-electron chi connectivity index (χ3n) is 3.74. The molecule has 0 radical (unpaired) electrons. The van der Waals surface area contributed by atoms with Crippen LogP contribution in [0.2, 0.25) is 0 Å². The van der Waals surface area contributed by atoms with Gasteiger partial charge in [0.15, 0.2) is 0 Å². The molecule has 0 saturated heterocycles. The van der Waals surface area contributed by atoms with Gasteiger partial charge >= 0.3 is 0 Å². The first-order valence-electron chi connectivity index (χ1n) is 7.09. The zero-order valence-electron chi connectivity index (χ0n) is 11.7. The highest BCUT2D eigenvalue weighted by Crippen LogP contribution is 2.27. The molecule has 1 aliphatic rings. The van der Waals surface area contributed by atoms with Crippen LogP contribution in [0.15, 0.2) is 72.8 Å². The van der Waals surface area contributed by atoms with Crippen LogP contribution >= 0.6 is 0 Å². The number of nitrogens with one attached hydrogen (secondary N) is 1. The Hall–Kier alpha value is -2.28. The van der Waals surface area contributed by atoms with Crippen molar-refractivity contribution in [3.05, 3.63) is 84.0 Å². The number of para-hydroxylation sites is 1. The first kappa shape index (κ1) is 12.7. The SMILES string of the molecule is Cc1ccccc1NC1CC=CC=C1c1ccccc1. The van der Waals surface area contributed by atoms with Crippen molar-refractivity contribution in [2.24, 2.45) is 0 Å². The minimum absolute atomic E-state index is 0.337. The molecule has 2 aromatic rings. The Bertz CT molecular complexity index is 638. The minimum atomic E-state index is 0.337. The summed E-state index contributed by atoms with van der Waals surface area (Å²) in [6, 6.07) is 19.4. The molecule has 2 aromatic carbocycles. The molecule has 1 unspecified atom stereocenters.